The Hall–Kier alpha value is -0.120. The Labute approximate surface area is 106 Å². The van der Waals surface area contributed by atoms with E-state index in [0.29, 0.717) is 0 Å². The average Bonchev–Trinajstić information content (AvgIpc) is 2.33. The van der Waals surface area contributed by atoms with Crippen molar-refractivity contribution < 1.29 is 9.47 Å². The van der Waals surface area contributed by atoms with Gasteiger partial charge in [0.1, 0.15) is 0 Å². The Morgan fingerprint density at radius 1 is 1.29 bits per heavy atom. The van der Waals surface area contributed by atoms with E-state index >= 15 is 0 Å². The molecular weight excluding hydrogens is 214 g/mol. The number of hydrogen-bond donors (Lipinski definition) is 1. The molecule has 1 rings (SSSR count). The van der Waals surface area contributed by atoms with Gasteiger partial charge in [-0.3, -0.25) is 0 Å². The van der Waals surface area contributed by atoms with Crippen molar-refractivity contribution in [2.45, 2.75) is 57.4 Å². The molecule has 17 heavy (non-hydrogen) atoms. The third kappa shape index (κ3) is 5.84. The van der Waals surface area contributed by atoms with Gasteiger partial charge in [-0.15, -0.1) is 0 Å². The van der Waals surface area contributed by atoms with Crippen molar-refractivity contribution in [1.29, 1.82) is 0 Å². The first-order chi connectivity index (χ1) is 8.20. The Morgan fingerprint density at radius 2 is 2.12 bits per heavy atom. The van der Waals surface area contributed by atoms with Crippen molar-refractivity contribution in [1.82, 2.24) is 0 Å². The SMILES string of the molecule is CCC1CCCC(N)(CCOCCCOC)C1. The second-order valence-corrected chi connectivity index (χ2v) is 5.44. The summed E-state index contributed by atoms with van der Waals surface area (Å²) in [6.45, 7) is 4.65. The molecule has 2 unspecified atom stereocenters. The van der Waals surface area contributed by atoms with Gasteiger partial charge in [0.2, 0.25) is 0 Å². The largest absolute Gasteiger partial charge is 0.385 e. The Morgan fingerprint density at radius 3 is 2.82 bits per heavy atom. The van der Waals surface area contributed by atoms with Crippen molar-refractivity contribution in [3.63, 3.8) is 0 Å². The monoisotopic (exact) mass is 243 g/mol. The van der Waals surface area contributed by atoms with Crippen molar-refractivity contribution in [2.75, 3.05) is 26.9 Å². The van der Waals surface area contributed by atoms with Gasteiger partial charge in [0.05, 0.1) is 0 Å². The lowest BCUT2D eigenvalue weighted by atomic mass is 9.74. The minimum Gasteiger partial charge on any atom is -0.385 e. The molecular formula is C14H29NO2. The van der Waals surface area contributed by atoms with E-state index in [1.807, 2.05) is 0 Å². The van der Waals surface area contributed by atoms with E-state index in [1.165, 1.54) is 32.1 Å². The van der Waals surface area contributed by atoms with Gasteiger partial charge in [0, 0.05) is 32.5 Å². The molecule has 102 valence electrons. The van der Waals surface area contributed by atoms with E-state index in [0.717, 1.165) is 38.6 Å². The van der Waals surface area contributed by atoms with E-state index in [2.05, 4.69) is 6.92 Å². The highest BCUT2D eigenvalue weighted by Crippen LogP contribution is 2.34. The lowest BCUT2D eigenvalue weighted by molar-refractivity contribution is 0.0791. The second-order valence-electron chi connectivity index (χ2n) is 5.44. The number of hydrogen-bond acceptors (Lipinski definition) is 3. The van der Waals surface area contributed by atoms with Crippen molar-refractivity contribution in [3.8, 4) is 0 Å². The Kier molecular flexibility index (Phi) is 7.09. The predicted octanol–water partition coefficient (Wildman–Crippen LogP) is 2.73. The fraction of sp³-hybridized carbons (Fsp3) is 1.00. The smallest absolute Gasteiger partial charge is 0.0487 e. The van der Waals surface area contributed by atoms with Crippen LogP contribution < -0.4 is 5.73 Å². The van der Waals surface area contributed by atoms with Crippen LogP contribution in [-0.4, -0.2) is 32.5 Å². The first-order valence-corrected chi connectivity index (χ1v) is 7.06. The first kappa shape index (κ1) is 14.9. The molecule has 0 aromatic heterocycles. The van der Waals surface area contributed by atoms with E-state index in [4.69, 9.17) is 15.2 Å². The summed E-state index contributed by atoms with van der Waals surface area (Å²) in [5, 5.41) is 0. The van der Waals surface area contributed by atoms with Gasteiger partial charge in [0.15, 0.2) is 0 Å². The molecule has 1 saturated carbocycles. The average molecular weight is 243 g/mol. The maximum Gasteiger partial charge on any atom is 0.0487 e. The molecule has 1 aliphatic carbocycles. The topological polar surface area (TPSA) is 44.5 Å². The number of methoxy groups -OCH3 is 1. The summed E-state index contributed by atoms with van der Waals surface area (Å²) in [7, 11) is 1.72. The van der Waals surface area contributed by atoms with Crippen LogP contribution in [0.25, 0.3) is 0 Å². The molecule has 0 aromatic carbocycles. The molecule has 0 saturated heterocycles. The van der Waals surface area contributed by atoms with Crippen LogP contribution in [-0.2, 0) is 9.47 Å². The van der Waals surface area contributed by atoms with E-state index < -0.39 is 0 Å². The van der Waals surface area contributed by atoms with Crippen LogP contribution in [0, 0.1) is 5.92 Å². The molecule has 3 nitrogen and oxygen atoms in total. The molecule has 0 spiro atoms. The zero-order chi connectivity index (χ0) is 12.6. The minimum atomic E-state index is 0.0418. The highest BCUT2D eigenvalue weighted by molar-refractivity contribution is 4.90. The number of nitrogens with two attached hydrogens (primary N) is 1. The maximum atomic E-state index is 6.46. The molecule has 1 aliphatic rings. The van der Waals surface area contributed by atoms with Gasteiger partial charge in [0.25, 0.3) is 0 Å². The fourth-order valence-corrected chi connectivity index (χ4v) is 2.78. The normalized spacial score (nSPS) is 29.5. The molecule has 2 atom stereocenters. The predicted molar refractivity (Wildman–Crippen MR) is 71.1 cm³/mol. The first-order valence-electron chi connectivity index (χ1n) is 7.06. The summed E-state index contributed by atoms with van der Waals surface area (Å²) in [4.78, 5) is 0. The lowest BCUT2D eigenvalue weighted by Crippen LogP contribution is -2.45. The fourth-order valence-electron chi connectivity index (χ4n) is 2.78. The molecule has 0 radical (unpaired) electrons. The Bertz CT molecular complexity index is 199. The van der Waals surface area contributed by atoms with E-state index in [-0.39, 0.29) is 5.54 Å². The van der Waals surface area contributed by atoms with Crippen LogP contribution in [0.3, 0.4) is 0 Å². The van der Waals surface area contributed by atoms with Gasteiger partial charge in [-0.05, 0) is 31.6 Å². The van der Waals surface area contributed by atoms with Crippen LogP contribution in [0.1, 0.15) is 51.9 Å². The van der Waals surface area contributed by atoms with Crippen molar-refractivity contribution in [3.05, 3.63) is 0 Å². The zero-order valence-electron chi connectivity index (χ0n) is 11.5. The summed E-state index contributed by atoms with van der Waals surface area (Å²) in [5.74, 6) is 0.835. The van der Waals surface area contributed by atoms with Gasteiger partial charge in [-0.2, -0.15) is 0 Å². The van der Waals surface area contributed by atoms with Crippen LogP contribution in [0.5, 0.6) is 0 Å². The molecule has 0 aliphatic heterocycles. The van der Waals surface area contributed by atoms with Gasteiger partial charge >= 0.3 is 0 Å². The van der Waals surface area contributed by atoms with Crippen molar-refractivity contribution >= 4 is 0 Å². The quantitative estimate of drug-likeness (QED) is 0.667. The number of rotatable bonds is 8. The van der Waals surface area contributed by atoms with E-state index in [9.17, 15) is 0 Å². The summed E-state index contributed by atoms with van der Waals surface area (Å²) in [5.41, 5.74) is 6.50. The standard InChI is InChI=1S/C14H29NO2/c1-3-13-6-4-7-14(15,12-13)8-11-17-10-5-9-16-2/h13H,3-12,15H2,1-2H3. The second kappa shape index (κ2) is 8.06. The van der Waals surface area contributed by atoms with Crippen LogP contribution in [0.4, 0.5) is 0 Å². The van der Waals surface area contributed by atoms with Crippen molar-refractivity contribution in [2.24, 2.45) is 11.7 Å². The maximum absolute atomic E-state index is 6.46. The Balaban J connectivity index is 2.11. The van der Waals surface area contributed by atoms with Gasteiger partial charge in [-0.1, -0.05) is 26.2 Å². The number of ether oxygens (including phenoxy) is 2. The summed E-state index contributed by atoms with van der Waals surface area (Å²) >= 11 is 0. The third-order valence-electron chi connectivity index (χ3n) is 3.94. The highest BCUT2D eigenvalue weighted by atomic mass is 16.5. The molecule has 0 heterocycles. The van der Waals surface area contributed by atoms with Crippen LogP contribution >= 0.6 is 0 Å². The molecule has 3 heteroatoms. The zero-order valence-corrected chi connectivity index (χ0v) is 11.5. The van der Waals surface area contributed by atoms with Crippen LogP contribution in [0.15, 0.2) is 0 Å². The molecule has 0 aromatic rings. The third-order valence-corrected chi connectivity index (χ3v) is 3.94. The van der Waals surface area contributed by atoms with Crippen LogP contribution in [0.2, 0.25) is 0 Å². The minimum absolute atomic E-state index is 0.0418. The molecule has 0 bridgehead atoms. The van der Waals surface area contributed by atoms with Gasteiger partial charge < -0.3 is 15.2 Å². The summed E-state index contributed by atoms with van der Waals surface area (Å²) < 4.78 is 10.6. The van der Waals surface area contributed by atoms with E-state index in [1.54, 1.807) is 7.11 Å². The van der Waals surface area contributed by atoms with Gasteiger partial charge in [-0.25, -0.2) is 0 Å². The molecule has 2 N–H and O–H groups in total. The lowest BCUT2D eigenvalue weighted by Gasteiger charge is -2.37. The summed E-state index contributed by atoms with van der Waals surface area (Å²) in [6, 6.07) is 0. The summed E-state index contributed by atoms with van der Waals surface area (Å²) in [6.07, 6.45) is 8.27. The molecule has 1 fully saturated rings. The highest BCUT2D eigenvalue weighted by Gasteiger charge is 2.31. The molecule has 0 amide bonds.